The molecule has 3 heterocycles. The van der Waals surface area contributed by atoms with E-state index in [1.807, 2.05) is 22.5 Å². The third-order valence-electron chi connectivity index (χ3n) is 2.15. The van der Waals surface area contributed by atoms with E-state index in [2.05, 4.69) is 19.5 Å². The number of thiazole rings is 2. The fourth-order valence-corrected chi connectivity index (χ4v) is 2.66. The summed E-state index contributed by atoms with van der Waals surface area (Å²) < 4.78 is 2.06. The molecule has 0 atom stereocenters. The third-order valence-corrected chi connectivity index (χ3v) is 3.56. The highest BCUT2D eigenvalue weighted by Gasteiger charge is 2.08. The summed E-state index contributed by atoms with van der Waals surface area (Å²) in [5.41, 5.74) is 2.90. The van der Waals surface area contributed by atoms with Crippen LogP contribution in [0.5, 0.6) is 0 Å². The zero-order valence-corrected chi connectivity index (χ0v) is 9.91. The molecule has 3 rings (SSSR count). The number of hydrogen-bond donors (Lipinski definition) is 0. The molecule has 0 aliphatic heterocycles. The summed E-state index contributed by atoms with van der Waals surface area (Å²) in [4.78, 5) is 12.9. The van der Waals surface area contributed by atoms with Crippen LogP contribution >= 0.6 is 22.7 Å². The Bertz CT molecular complexity index is 553. The maximum absolute atomic E-state index is 4.33. The van der Waals surface area contributed by atoms with Crippen LogP contribution < -0.4 is 0 Å². The van der Waals surface area contributed by atoms with E-state index < -0.39 is 0 Å². The van der Waals surface area contributed by atoms with Crippen molar-refractivity contribution >= 4 is 22.7 Å². The fourth-order valence-electron chi connectivity index (χ4n) is 1.46. The Morgan fingerprint density at radius 3 is 2.94 bits per heavy atom. The van der Waals surface area contributed by atoms with Crippen molar-refractivity contribution in [2.45, 2.75) is 6.54 Å². The van der Waals surface area contributed by atoms with Crippen LogP contribution in [0, 0.1) is 0 Å². The van der Waals surface area contributed by atoms with Gasteiger partial charge in [0, 0.05) is 29.4 Å². The van der Waals surface area contributed by atoms with Gasteiger partial charge >= 0.3 is 0 Å². The van der Waals surface area contributed by atoms with E-state index in [-0.39, 0.29) is 0 Å². The summed E-state index contributed by atoms with van der Waals surface area (Å²) in [7, 11) is 0. The molecule has 0 bridgehead atoms. The largest absolute Gasteiger partial charge is 0.323 e. The minimum Gasteiger partial charge on any atom is -0.323 e. The van der Waals surface area contributed by atoms with Crippen LogP contribution in [0.15, 0.2) is 34.9 Å². The highest BCUT2D eigenvalue weighted by molar-refractivity contribution is 7.13. The molecule has 80 valence electrons. The van der Waals surface area contributed by atoms with Gasteiger partial charge < -0.3 is 4.57 Å². The van der Waals surface area contributed by atoms with Gasteiger partial charge in [-0.05, 0) is 0 Å². The van der Waals surface area contributed by atoms with Crippen molar-refractivity contribution in [1.82, 2.24) is 19.5 Å². The molecule has 3 aromatic rings. The first-order chi connectivity index (χ1) is 7.93. The van der Waals surface area contributed by atoms with Gasteiger partial charge in [0.2, 0.25) is 0 Å². The number of imidazole rings is 1. The molecule has 0 aliphatic rings. The standard InChI is InChI=1S/C10H8N4S2/c1-3-14(5-8-6-15-7-13-8)9(11-1)10-12-2-4-16-10/h1-4,6-7H,5H2. The number of nitrogens with zero attached hydrogens (tertiary/aromatic N) is 4. The summed E-state index contributed by atoms with van der Waals surface area (Å²) in [5, 5.41) is 4.95. The van der Waals surface area contributed by atoms with Gasteiger partial charge in [0.05, 0.1) is 17.7 Å². The van der Waals surface area contributed by atoms with Crippen molar-refractivity contribution in [1.29, 1.82) is 0 Å². The van der Waals surface area contributed by atoms with Crippen molar-refractivity contribution < 1.29 is 0 Å². The molecule has 4 nitrogen and oxygen atoms in total. The van der Waals surface area contributed by atoms with E-state index in [1.165, 1.54) is 0 Å². The molecule has 0 fully saturated rings. The summed E-state index contributed by atoms with van der Waals surface area (Å²) in [6, 6.07) is 0. The average molecular weight is 248 g/mol. The molecule has 6 heteroatoms. The van der Waals surface area contributed by atoms with Crippen LogP contribution in [0.2, 0.25) is 0 Å². The highest BCUT2D eigenvalue weighted by Crippen LogP contribution is 2.20. The second-order valence-corrected chi connectivity index (χ2v) is 4.81. The van der Waals surface area contributed by atoms with Gasteiger partial charge in [-0.25, -0.2) is 15.0 Å². The molecule has 0 saturated heterocycles. The van der Waals surface area contributed by atoms with E-state index >= 15 is 0 Å². The van der Waals surface area contributed by atoms with Crippen LogP contribution in [0.3, 0.4) is 0 Å². The molecule has 0 aliphatic carbocycles. The molecule has 0 N–H and O–H groups in total. The molecular weight excluding hydrogens is 240 g/mol. The Morgan fingerprint density at radius 2 is 2.19 bits per heavy atom. The minimum absolute atomic E-state index is 0.748. The van der Waals surface area contributed by atoms with E-state index in [0.717, 1.165) is 23.1 Å². The maximum Gasteiger partial charge on any atom is 0.169 e. The van der Waals surface area contributed by atoms with E-state index in [0.29, 0.717) is 0 Å². The normalized spacial score (nSPS) is 10.8. The SMILES string of the molecule is c1csc(-c2nccn2Cc2cscn2)n1. The van der Waals surface area contributed by atoms with Gasteiger partial charge in [-0.15, -0.1) is 22.7 Å². The topological polar surface area (TPSA) is 43.6 Å². The monoisotopic (exact) mass is 248 g/mol. The molecule has 0 amide bonds. The molecule has 3 aromatic heterocycles. The van der Waals surface area contributed by atoms with Crippen molar-refractivity contribution in [3.05, 3.63) is 40.6 Å². The average Bonchev–Trinajstić information content (AvgIpc) is 2.98. The Balaban J connectivity index is 1.94. The van der Waals surface area contributed by atoms with Gasteiger partial charge in [0.1, 0.15) is 0 Å². The summed E-state index contributed by atoms with van der Waals surface area (Å²) >= 11 is 3.20. The smallest absolute Gasteiger partial charge is 0.169 e. The van der Waals surface area contributed by atoms with Crippen molar-refractivity contribution in [3.8, 4) is 10.8 Å². The number of aromatic nitrogens is 4. The first-order valence-electron chi connectivity index (χ1n) is 4.71. The highest BCUT2D eigenvalue weighted by atomic mass is 32.1. The first-order valence-corrected chi connectivity index (χ1v) is 6.54. The van der Waals surface area contributed by atoms with Crippen molar-refractivity contribution in [2.24, 2.45) is 0 Å². The van der Waals surface area contributed by atoms with Gasteiger partial charge in [-0.3, -0.25) is 0 Å². The molecule has 0 radical (unpaired) electrons. The quantitative estimate of drug-likeness (QED) is 0.715. The van der Waals surface area contributed by atoms with Crippen LogP contribution in [-0.4, -0.2) is 19.5 Å². The number of hydrogen-bond acceptors (Lipinski definition) is 5. The lowest BCUT2D eigenvalue weighted by Gasteiger charge is -2.02. The zero-order chi connectivity index (χ0) is 10.8. The second-order valence-electron chi connectivity index (χ2n) is 3.20. The van der Waals surface area contributed by atoms with Gasteiger partial charge in [-0.2, -0.15) is 0 Å². The van der Waals surface area contributed by atoms with Crippen molar-refractivity contribution in [2.75, 3.05) is 0 Å². The van der Waals surface area contributed by atoms with E-state index in [4.69, 9.17) is 0 Å². The maximum atomic E-state index is 4.33. The lowest BCUT2D eigenvalue weighted by Crippen LogP contribution is -2.00. The molecule has 0 aromatic carbocycles. The summed E-state index contributed by atoms with van der Waals surface area (Å²) in [6.45, 7) is 0.748. The third kappa shape index (κ3) is 1.77. The Hall–Kier alpha value is -1.53. The van der Waals surface area contributed by atoms with Gasteiger partial charge in [0.15, 0.2) is 10.8 Å². The second kappa shape index (κ2) is 4.15. The predicted molar refractivity (Wildman–Crippen MR) is 64.6 cm³/mol. The van der Waals surface area contributed by atoms with E-state index in [1.54, 1.807) is 35.1 Å². The molecular formula is C10H8N4S2. The van der Waals surface area contributed by atoms with Gasteiger partial charge in [-0.1, -0.05) is 0 Å². The van der Waals surface area contributed by atoms with Gasteiger partial charge in [0.25, 0.3) is 0 Å². The summed E-state index contributed by atoms with van der Waals surface area (Å²) in [6.07, 6.45) is 5.54. The van der Waals surface area contributed by atoms with Crippen LogP contribution in [-0.2, 0) is 6.54 Å². The van der Waals surface area contributed by atoms with Crippen molar-refractivity contribution in [3.63, 3.8) is 0 Å². The lowest BCUT2D eigenvalue weighted by atomic mass is 10.4. The van der Waals surface area contributed by atoms with Crippen LogP contribution in [0.1, 0.15) is 5.69 Å². The number of rotatable bonds is 3. The lowest BCUT2D eigenvalue weighted by molar-refractivity contribution is 0.787. The predicted octanol–water partition coefficient (Wildman–Crippen LogP) is 2.51. The molecule has 0 spiro atoms. The zero-order valence-electron chi connectivity index (χ0n) is 8.28. The first kappa shape index (κ1) is 9.68. The minimum atomic E-state index is 0.748. The van der Waals surface area contributed by atoms with E-state index in [9.17, 15) is 0 Å². The van der Waals surface area contributed by atoms with Crippen LogP contribution in [0.4, 0.5) is 0 Å². The molecule has 16 heavy (non-hydrogen) atoms. The Labute approximate surface area is 100 Å². The Kier molecular flexibility index (Phi) is 2.51. The molecule has 0 unspecified atom stereocenters. The fraction of sp³-hybridized carbons (Fsp3) is 0.100. The molecule has 0 saturated carbocycles. The van der Waals surface area contributed by atoms with Crippen LogP contribution in [0.25, 0.3) is 10.8 Å². The summed E-state index contributed by atoms with van der Waals surface area (Å²) in [5.74, 6) is 0.906. The Morgan fingerprint density at radius 1 is 1.19 bits per heavy atom.